The zero-order valence-electron chi connectivity index (χ0n) is 12.5. The van der Waals surface area contributed by atoms with Gasteiger partial charge in [0, 0.05) is 30.2 Å². The lowest BCUT2D eigenvalue weighted by molar-refractivity contribution is 0.0853. The van der Waals surface area contributed by atoms with E-state index in [1.807, 2.05) is 0 Å². The van der Waals surface area contributed by atoms with Gasteiger partial charge in [0.05, 0.1) is 6.61 Å². The summed E-state index contributed by atoms with van der Waals surface area (Å²) in [5.41, 5.74) is 0.705. The van der Waals surface area contributed by atoms with Crippen molar-refractivity contribution in [3.05, 3.63) is 34.9 Å². The minimum Gasteiger partial charge on any atom is -0.381 e. The van der Waals surface area contributed by atoms with Crippen LogP contribution in [0.25, 0.3) is 0 Å². The molecule has 0 saturated carbocycles. The van der Waals surface area contributed by atoms with E-state index in [0.29, 0.717) is 23.6 Å². The SMILES string of the molecule is O=C(CCOCCCN1CCCCC1)c1ccc(Cl)cc1. The summed E-state index contributed by atoms with van der Waals surface area (Å²) in [5, 5.41) is 0.653. The van der Waals surface area contributed by atoms with Crippen LogP contribution in [0.15, 0.2) is 24.3 Å². The van der Waals surface area contributed by atoms with E-state index in [2.05, 4.69) is 4.90 Å². The van der Waals surface area contributed by atoms with Gasteiger partial charge in [-0.25, -0.2) is 0 Å². The highest BCUT2D eigenvalue weighted by molar-refractivity contribution is 6.30. The summed E-state index contributed by atoms with van der Waals surface area (Å²) in [6, 6.07) is 7.02. The highest BCUT2D eigenvalue weighted by Gasteiger charge is 2.09. The molecule has 1 saturated heterocycles. The fourth-order valence-corrected chi connectivity index (χ4v) is 2.75. The van der Waals surface area contributed by atoms with Crippen molar-refractivity contribution in [2.75, 3.05) is 32.8 Å². The molecule has 1 fully saturated rings. The van der Waals surface area contributed by atoms with Crippen molar-refractivity contribution >= 4 is 17.4 Å². The number of ketones is 1. The van der Waals surface area contributed by atoms with E-state index in [0.717, 1.165) is 19.6 Å². The topological polar surface area (TPSA) is 29.5 Å². The van der Waals surface area contributed by atoms with Gasteiger partial charge >= 0.3 is 0 Å². The van der Waals surface area contributed by atoms with Crippen molar-refractivity contribution < 1.29 is 9.53 Å². The van der Waals surface area contributed by atoms with Gasteiger partial charge in [0.25, 0.3) is 0 Å². The molecule has 0 unspecified atom stereocenters. The number of Topliss-reactive ketones (excluding diaryl/α,β-unsaturated/α-hetero) is 1. The normalized spacial score (nSPS) is 16.0. The molecule has 2 rings (SSSR count). The lowest BCUT2D eigenvalue weighted by Crippen LogP contribution is -2.31. The van der Waals surface area contributed by atoms with Gasteiger partial charge in [0.2, 0.25) is 0 Å². The van der Waals surface area contributed by atoms with Crippen LogP contribution in [0.5, 0.6) is 0 Å². The fraction of sp³-hybridized carbons (Fsp3) is 0.588. The Hall–Kier alpha value is -0.900. The Morgan fingerprint density at radius 1 is 1.10 bits per heavy atom. The van der Waals surface area contributed by atoms with E-state index in [1.54, 1.807) is 24.3 Å². The molecule has 0 aromatic heterocycles. The Morgan fingerprint density at radius 2 is 1.81 bits per heavy atom. The lowest BCUT2D eigenvalue weighted by Gasteiger charge is -2.26. The van der Waals surface area contributed by atoms with E-state index in [9.17, 15) is 4.79 Å². The first-order valence-electron chi connectivity index (χ1n) is 7.84. The van der Waals surface area contributed by atoms with Crippen molar-refractivity contribution in [2.45, 2.75) is 32.1 Å². The summed E-state index contributed by atoms with van der Waals surface area (Å²) in [7, 11) is 0. The Bertz CT molecular complexity index is 427. The predicted octanol–water partition coefficient (Wildman–Crippen LogP) is 3.81. The molecule has 0 N–H and O–H groups in total. The highest BCUT2D eigenvalue weighted by Crippen LogP contribution is 2.11. The van der Waals surface area contributed by atoms with E-state index in [-0.39, 0.29) is 5.78 Å². The van der Waals surface area contributed by atoms with Crippen molar-refractivity contribution in [2.24, 2.45) is 0 Å². The van der Waals surface area contributed by atoms with Crippen LogP contribution in [-0.4, -0.2) is 43.5 Å². The van der Waals surface area contributed by atoms with Crippen LogP contribution in [0.3, 0.4) is 0 Å². The van der Waals surface area contributed by atoms with Gasteiger partial charge in [-0.15, -0.1) is 0 Å². The zero-order valence-corrected chi connectivity index (χ0v) is 13.3. The maximum Gasteiger partial charge on any atom is 0.165 e. The minimum absolute atomic E-state index is 0.114. The van der Waals surface area contributed by atoms with E-state index < -0.39 is 0 Å². The van der Waals surface area contributed by atoms with Gasteiger partial charge in [0.15, 0.2) is 5.78 Å². The van der Waals surface area contributed by atoms with Gasteiger partial charge in [-0.3, -0.25) is 4.79 Å². The highest BCUT2D eigenvalue weighted by atomic mass is 35.5. The maximum absolute atomic E-state index is 11.9. The van der Waals surface area contributed by atoms with Crippen LogP contribution < -0.4 is 0 Å². The third-order valence-corrected chi connectivity index (χ3v) is 4.10. The molecule has 3 nitrogen and oxygen atoms in total. The van der Waals surface area contributed by atoms with Crippen LogP contribution in [0.1, 0.15) is 42.5 Å². The van der Waals surface area contributed by atoms with Crippen LogP contribution in [0.4, 0.5) is 0 Å². The second kappa shape index (κ2) is 9.19. The number of benzene rings is 1. The number of likely N-dealkylation sites (tertiary alicyclic amines) is 1. The average molecular weight is 310 g/mol. The molecule has 1 heterocycles. The largest absolute Gasteiger partial charge is 0.381 e. The molecule has 4 heteroatoms. The molecule has 1 aliphatic rings. The summed E-state index contributed by atoms with van der Waals surface area (Å²) in [5.74, 6) is 0.114. The monoisotopic (exact) mass is 309 g/mol. The third kappa shape index (κ3) is 6.16. The summed E-state index contributed by atoms with van der Waals surface area (Å²) < 4.78 is 5.57. The molecular weight excluding hydrogens is 286 g/mol. The van der Waals surface area contributed by atoms with Gasteiger partial charge < -0.3 is 9.64 Å². The first-order valence-corrected chi connectivity index (χ1v) is 8.22. The van der Waals surface area contributed by atoms with E-state index in [4.69, 9.17) is 16.3 Å². The smallest absolute Gasteiger partial charge is 0.165 e. The molecular formula is C17H24ClNO2. The van der Waals surface area contributed by atoms with Gasteiger partial charge in [-0.05, 0) is 56.6 Å². The Morgan fingerprint density at radius 3 is 2.52 bits per heavy atom. The first-order chi connectivity index (χ1) is 10.3. The molecule has 0 bridgehead atoms. The third-order valence-electron chi connectivity index (χ3n) is 3.85. The van der Waals surface area contributed by atoms with Gasteiger partial charge in [-0.2, -0.15) is 0 Å². The van der Waals surface area contributed by atoms with E-state index in [1.165, 1.54) is 32.4 Å². The van der Waals surface area contributed by atoms with E-state index >= 15 is 0 Å². The van der Waals surface area contributed by atoms with Crippen molar-refractivity contribution in [3.63, 3.8) is 0 Å². The fourth-order valence-electron chi connectivity index (χ4n) is 2.62. The number of piperidine rings is 1. The number of hydrogen-bond acceptors (Lipinski definition) is 3. The number of hydrogen-bond donors (Lipinski definition) is 0. The number of nitrogens with zero attached hydrogens (tertiary/aromatic N) is 1. The second-order valence-corrected chi connectivity index (χ2v) is 5.98. The van der Waals surface area contributed by atoms with Crippen LogP contribution >= 0.6 is 11.6 Å². The molecule has 21 heavy (non-hydrogen) atoms. The summed E-state index contributed by atoms with van der Waals surface area (Å²) >= 11 is 5.80. The molecule has 1 aromatic rings. The molecule has 0 amide bonds. The maximum atomic E-state index is 11.9. The molecule has 0 aliphatic carbocycles. The molecule has 1 aliphatic heterocycles. The Kier molecular flexibility index (Phi) is 7.20. The summed E-state index contributed by atoms with van der Waals surface area (Å²) in [4.78, 5) is 14.4. The lowest BCUT2D eigenvalue weighted by atomic mass is 10.1. The number of ether oxygens (including phenoxy) is 1. The van der Waals surface area contributed by atoms with Crippen molar-refractivity contribution in [1.29, 1.82) is 0 Å². The van der Waals surface area contributed by atoms with Crippen molar-refractivity contribution in [1.82, 2.24) is 4.90 Å². The zero-order chi connectivity index (χ0) is 14.9. The molecule has 0 radical (unpaired) electrons. The number of halogens is 1. The molecule has 0 spiro atoms. The number of carbonyl (C=O) groups is 1. The molecule has 116 valence electrons. The quantitative estimate of drug-likeness (QED) is 0.540. The summed E-state index contributed by atoms with van der Waals surface area (Å²) in [6.45, 7) is 4.82. The van der Waals surface area contributed by atoms with Crippen LogP contribution in [-0.2, 0) is 4.74 Å². The number of carbonyl (C=O) groups excluding carboxylic acids is 1. The second-order valence-electron chi connectivity index (χ2n) is 5.55. The minimum atomic E-state index is 0.114. The Balaban J connectivity index is 1.53. The van der Waals surface area contributed by atoms with Crippen LogP contribution in [0.2, 0.25) is 5.02 Å². The van der Waals surface area contributed by atoms with Gasteiger partial charge in [-0.1, -0.05) is 18.0 Å². The van der Waals surface area contributed by atoms with Crippen LogP contribution in [0, 0.1) is 0 Å². The Labute approximate surface area is 132 Å². The summed E-state index contributed by atoms with van der Waals surface area (Å²) in [6.07, 6.45) is 5.52. The number of rotatable bonds is 8. The standard InChI is InChI=1S/C17H24ClNO2/c18-16-7-5-15(6-8-16)17(20)9-14-21-13-4-12-19-10-2-1-3-11-19/h5-8H,1-4,9-14H2. The van der Waals surface area contributed by atoms with Gasteiger partial charge in [0.1, 0.15) is 0 Å². The first kappa shape index (κ1) is 16.5. The predicted molar refractivity (Wildman–Crippen MR) is 86.1 cm³/mol. The molecule has 0 atom stereocenters. The average Bonchev–Trinajstić information content (AvgIpc) is 2.52. The van der Waals surface area contributed by atoms with Crippen molar-refractivity contribution in [3.8, 4) is 0 Å². The molecule has 1 aromatic carbocycles.